The SMILES string of the molecule is C.C.C#Cc1sc(Br)cc1CCCCCC.CCCCCCc1cc(Br)sc1Br. The predicted molar refractivity (Wildman–Crippen MR) is 149 cm³/mol. The van der Waals surface area contributed by atoms with Gasteiger partial charge in [-0.25, -0.2) is 0 Å². The van der Waals surface area contributed by atoms with Gasteiger partial charge in [-0.3, -0.25) is 0 Å². The van der Waals surface area contributed by atoms with Gasteiger partial charge >= 0.3 is 0 Å². The van der Waals surface area contributed by atoms with E-state index >= 15 is 0 Å². The first-order valence-electron chi connectivity index (χ1n) is 9.70. The fourth-order valence-electron chi connectivity index (χ4n) is 2.73. The first-order chi connectivity index (χ1) is 13.0. The molecule has 0 fully saturated rings. The van der Waals surface area contributed by atoms with E-state index in [0.29, 0.717) is 0 Å². The third kappa shape index (κ3) is 13.4. The zero-order valence-electron chi connectivity index (χ0n) is 16.3. The van der Waals surface area contributed by atoms with E-state index < -0.39 is 0 Å². The lowest BCUT2D eigenvalue weighted by Gasteiger charge is -1.98. The molecule has 0 atom stereocenters. The first-order valence-corrected chi connectivity index (χ1v) is 13.7. The van der Waals surface area contributed by atoms with Gasteiger partial charge in [0.2, 0.25) is 0 Å². The second-order valence-electron chi connectivity index (χ2n) is 6.52. The first kappa shape index (κ1) is 31.6. The van der Waals surface area contributed by atoms with Crippen LogP contribution in [-0.4, -0.2) is 0 Å². The van der Waals surface area contributed by atoms with Gasteiger partial charge in [-0.05, 0) is 96.7 Å². The normalized spacial score (nSPS) is 9.66. The molecule has 2 aromatic heterocycles. The minimum atomic E-state index is 0. The minimum absolute atomic E-state index is 0. The largest absolute Gasteiger partial charge is 0.121 e. The molecule has 0 saturated heterocycles. The molecule has 2 rings (SSSR count). The van der Waals surface area contributed by atoms with Crippen molar-refractivity contribution in [2.45, 2.75) is 92.9 Å². The Labute approximate surface area is 213 Å². The standard InChI is InChI=1S/C12H15BrS.C10H14Br2S.2CH4/c1-3-5-6-7-8-10-9-12(13)14-11(10)4-2;1-2-3-4-5-6-8-7-9(11)13-10(8)12;;/h2,9H,3,5-8H2,1H3;7H,2-6H2,1H3;2*1H4. The number of hydrogen-bond donors (Lipinski definition) is 0. The average molecular weight is 629 g/mol. The van der Waals surface area contributed by atoms with Gasteiger partial charge in [-0.2, -0.15) is 0 Å². The van der Waals surface area contributed by atoms with E-state index in [2.05, 4.69) is 79.7 Å². The quantitative estimate of drug-likeness (QED) is 0.181. The summed E-state index contributed by atoms with van der Waals surface area (Å²) in [6.07, 6.45) is 18.3. The highest BCUT2D eigenvalue weighted by Gasteiger charge is 2.05. The molecule has 5 heteroatoms. The summed E-state index contributed by atoms with van der Waals surface area (Å²) in [7, 11) is 0. The highest BCUT2D eigenvalue weighted by molar-refractivity contribution is 9.12. The van der Waals surface area contributed by atoms with Gasteiger partial charge in [0.05, 0.1) is 16.2 Å². The summed E-state index contributed by atoms with van der Waals surface area (Å²) in [5.41, 5.74) is 2.79. The maximum Gasteiger partial charge on any atom is 0.0809 e. The van der Waals surface area contributed by atoms with Gasteiger partial charge < -0.3 is 0 Å². The maximum atomic E-state index is 5.43. The second kappa shape index (κ2) is 19.1. The van der Waals surface area contributed by atoms with Crippen LogP contribution < -0.4 is 0 Å². The Morgan fingerprint density at radius 3 is 1.69 bits per heavy atom. The van der Waals surface area contributed by atoms with E-state index in [1.165, 1.54) is 76.5 Å². The Bertz CT molecular complexity index is 696. The molecule has 0 aromatic carbocycles. The van der Waals surface area contributed by atoms with Crippen LogP contribution in [0.4, 0.5) is 0 Å². The molecular weight excluding hydrogens is 592 g/mol. The zero-order chi connectivity index (χ0) is 20.1. The van der Waals surface area contributed by atoms with E-state index in [0.717, 1.165) is 15.1 Å². The molecule has 2 heterocycles. The van der Waals surface area contributed by atoms with E-state index in [1.807, 2.05) is 0 Å². The smallest absolute Gasteiger partial charge is 0.0809 e. The minimum Gasteiger partial charge on any atom is -0.121 e. The molecule has 0 radical (unpaired) electrons. The number of thiophene rings is 2. The molecule has 0 bridgehead atoms. The molecule has 0 aliphatic heterocycles. The number of terminal acetylenes is 1. The van der Waals surface area contributed by atoms with Crippen LogP contribution in [0.3, 0.4) is 0 Å². The topological polar surface area (TPSA) is 0 Å². The van der Waals surface area contributed by atoms with Gasteiger partial charge in [-0.1, -0.05) is 73.1 Å². The van der Waals surface area contributed by atoms with E-state index in [9.17, 15) is 0 Å². The van der Waals surface area contributed by atoms with Crippen molar-refractivity contribution in [2.24, 2.45) is 0 Å². The molecule has 2 aromatic rings. The summed E-state index contributed by atoms with van der Waals surface area (Å²) in [5.74, 6) is 2.75. The molecule has 0 aliphatic carbocycles. The Balaban J connectivity index is 0. The van der Waals surface area contributed by atoms with Crippen LogP contribution in [0.2, 0.25) is 0 Å². The Hall–Kier alpha value is 0.400. The van der Waals surface area contributed by atoms with Gasteiger partial charge in [0.1, 0.15) is 0 Å². The molecule has 0 unspecified atom stereocenters. The molecule has 0 nitrogen and oxygen atoms in total. The molecule has 0 saturated carbocycles. The third-order valence-corrected chi connectivity index (χ3v) is 8.31. The van der Waals surface area contributed by atoms with Crippen molar-refractivity contribution in [3.63, 3.8) is 0 Å². The van der Waals surface area contributed by atoms with Gasteiger partial charge in [-0.15, -0.1) is 29.1 Å². The summed E-state index contributed by atoms with van der Waals surface area (Å²) < 4.78 is 3.66. The monoisotopic (exact) mass is 626 g/mol. The number of rotatable bonds is 10. The highest BCUT2D eigenvalue weighted by atomic mass is 79.9. The van der Waals surface area contributed by atoms with Crippen LogP contribution in [0.5, 0.6) is 0 Å². The maximum absolute atomic E-state index is 5.43. The molecule has 0 aliphatic rings. The van der Waals surface area contributed by atoms with Crippen LogP contribution in [0, 0.1) is 12.3 Å². The van der Waals surface area contributed by atoms with Crippen molar-refractivity contribution in [1.82, 2.24) is 0 Å². The third-order valence-electron chi connectivity index (χ3n) is 4.24. The fraction of sp³-hybridized carbons (Fsp3) is 0.583. The van der Waals surface area contributed by atoms with E-state index in [1.54, 1.807) is 22.7 Å². The highest BCUT2D eigenvalue weighted by Crippen LogP contribution is 2.32. The van der Waals surface area contributed by atoms with Crippen molar-refractivity contribution < 1.29 is 0 Å². The van der Waals surface area contributed by atoms with Crippen LogP contribution in [0.1, 0.15) is 96.1 Å². The molecule has 0 N–H and O–H groups in total. The molecule has 29 heavy (non-hydrogen) atoms. The lowest BCUT2D eigenvalue weighted by atomic mass is 10.1. The van der Waals surface area contributed by atoms with Gasteiger partial charge in [0.15, 0.2) is 0 Å². The van der Waals surface area contributed by atoms with Crippen molar-refractivity contribution >= 4 is 70.5 Å². The fourth-order valence-corrected chi connectivity index (χ4v) is 7.16. The van der Waals surface area contributed by atoms with E-state index in [-0.39, 0.29) is 14.9 Å². The summed E-state index contributed by atoms with van der Waals surface area (Å²) in [6, 6.07) is 4.38. The predicted octanol–water partition coefficient (Wildman–Crippen LogP) is 11.3. The van der Waals surface area contributed by atoms with Crippen LogP contribution >= 0.6 is 70.5 Å². The Morgan fingerprint density at radius 2 is 1.24 bits per heavy atom. The van der Waals surface area contributed by atoms with Crippen molar-refractivity contribution in [3.05, 3.63) is 39.5 Å². The van der Waals surface area contributed by atoms with Gasteiger partial charge in [0.25, 0.3) is 0 Å². The molecular formula is C24H37Br3S2. The van der Waals surface area contributed by atoms with Crippen LogP contribution in [0.25, 0.3) is 0 Å². The molecule has 0 spiro atoms. The van der Waals surface area contributed by atoms with Crippen LogP contribution in [-0.2, 0) is 12.8 Å². The van der Waals surface area contributed by atoms with Crippen molar-refractivity contribution in [3.8, 4) is 12.3 Å². The van der Waals surface area contributed by atoms with Crippen molar-refractivity contribution in [1.29, 1.82) is 0 Å². The summed E-state index contributed by atoms with van der Waals surface area (Å²) >= 11 is 14.0. The average Bonchev–Trinajstić information content (AvgIpc) is 3.17. The molecule has 166 valence electrons. The number of hydrogen-bond acceptors (Lipinski definition) is 2. The van der Waals surface area contributed by atoms with E-state index in [4.69, 9.17) is 6.42 Å². The summed E-state index contributed by atoms with van der Waals surface area (Å²) in [4.78, 5) is 1.09. The second-order valence-corrected chi connectivity index (χ2v) is 12.7. The number of unbranched alkanes of at least 4 members (excludes halogenated alkanes) is 6. The van der Waals surface area contributed by atoms with Crippen molar-refractivity contribution in [2.75, 3.05) is 0 Å². The Morgan fingerprint density at radius 1 is 0.759 bits per heavy atom. The number of halogens is 3. The lowest BCUT2D eigenvalue weighted by molar-refractivity contribution is 0.667. The molecule has 0 amide bonds. The summed E-state index contributed by atoms with van der Waals surface area (Å²) in [6.45, 7) is 4.48. The van der Waals surface area contributed by atoms with Crippen LogP contribution in [0.15, 0.2) is 23.5 Å². The lowest BCUT2D eigenvalue weighted by Crippen LogP contribution is -1.85. The zero-order valence-corrected chi connectivity index (χ0v) is 22.6. The number of aryl methyl sites for hydroxylation is 2. The van der Waals surface area contributed by atoms with Gasteiger partial charge in [0, 0.05) is 0 Å². The summed E-state index contributed by atoms with van der Waals surface area (Å²) in [5, 5.41) is 0. The Kier molecular flexibility index (Phi) is 20.8.